The van der Waals surface area contributed by atoms with Gasteiger partial charge in [-0.15, -0.1) is 0 Å². The number of nitriles is 2. The first-order valence-corrected chi connectivity index (χ1v) is 16.3. The predicted molar refractivity (Wildman–Crippen MR) is 202 cm³/mol. The van der Waals surface area contributed by atoms with Gasteiger partial charge < -0.3 is 9.13 Å². The number of fused-ring (bicyclic) bond motifs is 6. The van der Waals surface area contributed by atoms with Crippen molar-refractivity contribution in [3.8, 4) is 45.8 Å². The molecule has 0 aliphatic heterocycles. The van der Waals surface area contributed by atoms with Crippen molar-refractivity contribution < 1.29 is 0 Å². The lowest BCUT2D eigenvalue weighted by molar-refractivity contribution is 1.18. The molecule has 0 saturated heterocycles. The lowest BCUT2D eigenvalue weighted by atomic mass is 9.93. The largest absolute Gasteiger partial charge is 0.318 e. The number of aromatic nitrogens is 2. The van der Waals surface area contributed by atoms with Gasteiger partial charge in [0.2, 0.25) is 5.69 Å². The van der Waals surface area contributed by atoms with Crippen LogP contribution in [-0.4, -0.2) is 9.13 Å². The van der Waals surface area contributed by atoms with Crippen molar-refractivity contribution in [1.82, 2.24) is 9.13 Å². The summed E-state index contributed by atoms with van der Waals surface area (Å²) in [6.07, 6.45) is 0. The second-order valence-corrected chi connectivity index (χ2v) is 12.2. The first-order valence-electron chi connectivity index (χ1n) is 16.3. The van der Waals surface area contributed by atoms with Crippen molar-refractivity contribution in [3.63, 3.8) is 0 Å². The van der Waals surface area contributed by atoms with E-state index in [4.69, 9.17) is 6.57 Å². The minimum Gasteiger partial charge on any atom is -0.318 e. The molecule has 5 nitrogen and oxygen atoms in total. The molecule has 9 rings (SSSR count). The summed E-state index contributed by atoms with van der Waals surface area (Å²) in [4.78, 5) is 4.03. The van der Waals surface area contributed by atoms with Gasteiger partial charge >= 0.3 is 0 Å². The minimum atomic E-state index is 0.554. The summed E-state index contributed by atoms with van der Waals surface area (Å²) < 4.78 is 4.39. The fourth-order valence-corrected chi connectivity index (χ4v) is 7.51. The Morgan fingerprint density at radius 2 is 1.12 bits per heavy atom. The molecule has 0 saturated carbocycles. The third kappa shape index (κ3) is 4.24. The molecule has 2 aromatic heterocycles. The fourth-order valence-electron chi connectivity index (χ4n) is 7.51. The Morgan fingerprint density at radius 3 is 1.82 bits per heavy atom. The molecule has 50 heavy (non-hydrogen) atoms. The highest BCUT2D eigenvalue weighted by atomic mass is 15.0. The van der Waals surface area contributed by atoms with Crippen LogP contribution in [0.5, 0.6) is 0 Å². The molecule has 9 aromatic rings. The van der Waals surface area contributed by atoms with Gasteiger partial charge in [-0.05, 0) is 76.9 Å². The van der Waals surface area contributed by atoms with E-state index in [0.29, 0.717) is 16.8 Å². The third-order valence-corrected chi connectivity index (χ3v) is 9.63. The zero-order valence-corrected chi connectivity index (χ0v) is 26.7. The molecule has 0 fully saturated rings. The van der Waals surface area contributed by atoms with Crippen LogP contribution in [0.2, 0.25) is 0 Å². The van der Waals surface area contributed by atoms with Gasteiger partial charge in [-0.3, -0.25) is 0 Å². The van der Waals surface area contributed by atoms with Crippen LogP contribution in [-0.2, 0) is 0 Å². The highest BCUT2D eigenvalue weighted by Crippen LogP contribution is 2.43. The Bertz CT molecular complexity index is 2900. The van der Waals surface area contributed by atoms with E-state index >= 15 is 0 Å². The number of hydrogen-bond acceptors (Lipinski definition) is 2. The van der Waals surface area contributed by atoms with E-state index < -0.39 is 0 Å². The van der Waals surface area contributed by atoms with Crippen molar-refractivity contribution in [2.75, 3.05) is 0 Å². The molecule has 0 N–H and O–H groups in total. The Hall–Kier alpha value is -7.39. The summed E-state index contributed by atoms with van der Waals surface area (Å²) >= 11 is 0. The zero-order chi connectivity index (χ0) is 33.8. The standard InChI is InChI=1S/C45H25N5/c1-48-39-16-9-15-37(45(39)50-40-17-6-4-13-35(40)36-14-5-7-18-41(36)50)34-12-3-2-11-33(34)30-21-23-32(24-22-30)49-42-25-20-29(27-46)26-38(42)44-31(28-47)10-8-19-43(44)49/h2-26H. The summed E-state index contributed by atoms with van der Waals surface area (Å²) in [7, 11) is 0. The number of hydrogen-bond donors (Lipinski definition) is 0. The van der Waals surface area contributed by atoms with Crippen LogP contribution in [0.25, 0.3) is 82.1 Å². The SMILES string of the molecule is [C-]#[N+]c1cccc(-c2ccccc2-c2ccc(-n3c4ccc(C#N)cc4c4c(C#N)cccc43)cc2)c1-n1c2ccccc2c2ccccc21. The molecule has 5 heteroatoms. The second kappa shape index (κ2) is 11.4. The quantitative estimate of drug-likeness (QED) is 0.181. The Kier molecular flexibility index (Phi) is 6.56. The molecule has 0 aliphatic rings. The normalized spacial score (nSPS) is 11.1. The van der Waals surface area contributed by atoms with Crippen LogP contribution in [0.3, 0.4) is 0 Å². The number of benzene rings is 7. The molecule has 0 spiro atoms. The van der Waals surface area contributed by atoms with Gasteiger partial charge in [-0.2, -0.15) is 10.5 Å². The van der Waals surface area contributed by atoms with E-state index in [9.17, 15) is 10.5 Å². The molecule has 2 heterocycles. The first-order chi connectivity index (χ1) is 24.7. The zero-order valence-electron chi connectivity index (χ0n) is 26.7. The molecular formula is C45H25N5. The van der Waals surface area contributed by atoms with Gasteiger partial charge in [0.25, 0.3) is 0 Å². The number of nitrogens with zero attached hydrogens (tertiary/aromatic N) is 5. The van der Waals surface area contributed by atoms with Gasteiger partial charge in [-0.25, -0.2) is 4.85 Å². The second-order valence-electron chi connectivity index (χ2n) is 12.2. The molecule has 7 aromatic carbocycles. The highest BCUT2D eigenvalue weighted by molar-refractivity contribution is 6.13. The predicted octanol–water partition coefficient (Wildman–Crippen LogP) is 11.5. The van der Waals surface area contributed by atoms with Gasteiger partial charge in [0.05, 0.1) is 57.6 Å². The maximum Gasteiger partial charge on any atom is 0.211 e. The summed E-state index contributed by atoms with van der Waals surface area (Å²) in [6.45, 7) is 8.21. The molecule has 0 radical (unpaired) electrons. The minimum absolute atomic E-state index is 0.554. The lowest BCUT2D eigenvalue weighted by Gasteiger charge is -2.18. The van der Waals surface area contributed by atoms with Gasteiger partial charge in [-0.1, -0.05) is 97.1 Å². The van der Waals surface area contributed by atoms with Crippen molar-refractivity contribution in [1.29, 1.82) is 10.5 Å². The average Bonchev–Trinajstić information content (AvgIpc) is 3.70. The van der Waals surface area contributed by atoms with Crippen molar-refractivity contribution in [3.05, 3.63) is 174 Å². The van der Waals surface area contributed by atoms with E-state index in [1.807, 2.05) is 66.7 Å². The van der Waals surface area contributed by atoms with E-state index in [0.717, 1.165) is 77.2 Å². The van der Waals surface area contributed by atoms with Gasteiger partial charge in [0.15, 0.2) is 0 Å². The highest BCUT2D eigenvalue weighted by Gasteiger charge is 2.21. The van der Waals surface area contributed by atoms with Crippen LogP contribution >= 0.6 is 0 Å². The molecule has 230 valence electrons. The molecule has 0 aliphatic carbocycles. The summed E-state index contributed by atoms with van der Waals surface area (Å²) in [5.74, 6) is 0. The van der Waals surface area contributed by atoms with E-state index in [2.05, 4.69) is 111 Å². The van der Waals surface area contributed by atoms with Crippen LogP contribution in [0.4, 0.5) is 5.69 Å². The Balaban J connectivity index is 1.24. The Labute approximate surface area is 288 Å². The third-order valence-electron chi connectivity index (χ3n) is 9.63. The lowest BCUT2D eigenvalue weighted by Crippen LogP contribution is -1.99. The number of para-hydroxylation sites is 3. The summed E-state index contributed by atoms with van der Waals surface area (Å²) in [5.41, 5.74) is 11.6. The van der Waals surface area contributed by atoms with Gasteiger partial charge in [0.1, 0.15) is 0 Å². The van der Waals surface area contributed by atoms with Gasteiger partial charge in [0, 0.05) is 27.2 Å². The monoisotopic (exact) mass is 635 g/mol. The van der Waals surface area contributed by atoms with Crippen LogP contribution in [0.1, 0.15) is 11.1 Å². The molecule has 0 unspecified atom stereocenters. The van der Waals surface area contributed by atoms with E-state index in [-0.39, 0.29) is 0 Å². The maximum atomic E-state index is 9.96. The van der Waals surface area contributed by atoms with Crippen LogP contribution in [0.15, 0.2) is 152 Å². The van der Waals surface area contributed by atoms with Crippen LogP contribution in [0, 0.1) is 29.2 Å². The van der Waals surface area contributed by atoms with Crippen LogP contribution < -0.4 is 0 Å². The summed E-state index contributed by atoms with van der Waals surface area (Å²) in [5, 5.41) is 23.6. The van der Waals surface area contributed by atoms with E-state index in [1.165, 1.54) is 0 Å². The molecule has 0 bridgehead atoms. The molecule has 0 amide bonds. The summed E-state index contributed by atoms with van der Waals surface area (Å²) in [6, 6.07) is 55.5. The number of rotatable bonds is 4. The molecule has 0 atom stereocenters. The van der Waals surface area contributed by atoms with Crippen molar-refractivity contribution in [2.45, 2.75) is 0 Å². The maximum absolute atomic E-state index is 9.96. The smallest absolute Gasteiger partial charge is 0.211 e. The Morgan fingerprint density at radius 1 is 0.500 bits per heavy atom. The van der Waals surface area contributed by atoms with E-state index in [1.54, 1.807) is 0 Å². The molecular weight excluding hydrogens is 611 g/mol. The topological polar surface area (TPSA) is 61.8 Å². The van der Waals surface area contributed by atoms with Crippen molar-refractivity contribution in [2.24, 2.45) is 0 Å². The fraction of sp³-hybridized carbons (Fsp3) is 0. The first kappa shape index (κ1) is 28.8. The van der Waals surface area contributed by atoms with Crippen molar-refractivity contribution >= 4 is 49.3 Å². The average molecular weight is 636 g/mol.